The van der Waals surface area contributed by atoms with E-state index in [4.69, 9.17) is 14.2 Å². The van der Waals surface area contributed by atoms with E-state index in [2.05, 4.69) is 5.32 Å². The van der Waals surface area contributed by atoms with Gasteiger partial charge in [-0.1, -0.05) is 0 Å². The molecule has 0 aliphatic carbocycles. The lowest BCUT2D eigenvalue weighted by Gasteiger charge is -2.15. The zero-order valence-electron chi connectivity index (χ0n) is 14.3. The normalized spacial score (nSPS) is 10.1. The molecule has 25 heavy (non-hydrogen) atoms. The lowest BCUT2D eigenvalue weighted by molar-refractivity contribution is -0.114. The SMILES string of the molecule is COc1cc(C(=O)c2ccc(F)cc2NC(C)=O)cc(OC)c1OC. The first-order valence-corrected chi connectivity index (χ1v) is 7.33. The predicted molar refractivity (Wildman–Crippen MR) is 90.2 cm³/mol. The van der Waals surface area contributed by atoms with E-state index in [1.54, 1.807) is 0 Å². The molecule has 0 aromatic heterocycles. The van der Waals surface area contributed by atoms with Gasteiger partial charge >= 0.3 is 0 Å². The highest BCUT2D eigenvalue weighted by atomic mass is 19.1. The number of hydrogen-bond acceptors (Lipinski definition) is 5. The molecule has 0 heterocycles. The summed E-state index contributed by atoms with van der Waals surface area (Å²) in [5, 5.41) is 2.46. The third kappa shape index (κ3) is 3.88. The third-order valence-electron chi connectivity index (χ3n) is 3.46. The Morgan fingerprint density at radius 2 is 1.56 bits per heavy atom. The van der Waals surface area contributed by atoms with Crippen LogP contribution in [0.25, 0.3) is 0 Å². The van der Waals surface area contributed by atoms with Crippen molar-refractivity contribution in [2.75, 3.05) is 26.6 Å². The first-order chi connectivity index (χ1) is 11.9. The topological polar surface area (TPSA) is 73.9 Å². The van der Waals surface area contributed by atoms with Gasteiger partial charge in [0.25, 0.3) is 0 Å². The van der Waals surface area contributed by atoms with Crippen molar-refractivity contribution in [3.05, 3.63) is 47.3 Å². The number of ether oxygens (including phenoxy) is 3. The van der Waals surface area contributed by atoms with Crippen molar-refractivity contribution in [2.45, 2.75) is 6.92 Å². The fourth-order valence-corrected chi connectivity index (χ4v) is 2.38. The van der Waals surface area contributed by atoms with Crippen molar-refractivity contribution in [1.29, 1.82) is 0 Å². The average molecular weight is 347 g/mol. The molecular weight excluding hydrogens is 329 g/mol. The van der Waals surface area contributed by atoms with Crippen LogP contribution in [0, 0.1) is 5.82 Å². The second kappa shape index (κ2) is 7.65. The maximum absolute atomic E-state index is 13.5. The standard InChI is InChI=1S/C18H18FNO5/c1-10(21)20-14-9-12(19)5-6-13(14)17(22)11-7-15(23-2)18(25-4)16(8-11)24-3/h5-9H,1-4H3,(H,20,21). The zero-order valence-corrected chi connectivity index (χ0v) is 14.3. The second-order valence-electron chi connectivity index (χ2n) is 5.11. The zero-order chi connectivity index (χ0) is 18.6. The molecule has 7 heteroatoms. The number of amides is 1. The van der Waals surface area contributed by atoms with Crippen LogP contribution < -0.4 is 19.5 Å². The number of hydrogen-bond donors (Lipinski definition) is 1. The lowest BCUT2D eigenvalue weighted by atomic mass is 10.0. The molecule has 0 aliphatic heterocycles. The van der Waals surface area contributed by atoms with Crippen molar-refractivity contribution < 1.29 is 28.2 Å². The molecule has 132 valence electrons. The Balaban J connectivity index is 2.56. The van der Waals surface area contributed by atoms with Crippen LogP contribution in [0.4, 0.5) is 10.1 Å². The van der Waals surface area contributed by atoms with Gasteiger partial charge < -0.3 is 19.5 Å². The molecule has 0 radical (unpaired) electrons. The molecule has 0 atom stereocenters. The number of benzene rings is 2. The van der Waals surface area contributed by atoms with Crippen molar-refractivity contribution >= 4 is 17.4 Å². The Kier molecular flexibility index (Phi) is 5.59. The van der Waals surface area contributed by atoms with Gasteiger partial charge in [-0.25, -0.2) is 4.39 Å². The van der Waals surface area contributed by atoms with Gasteiger partial charge in [0.15, 0.2) is 17.3 Å². The molecule has 1 amide bonds. The number of methoxy groups -OCH3 is 3. The summed E-state index contributed by atoms with van der Waals surface area (Å²) in [5.41, 5.74) is 0.477. The monoisotopic (exact) mass is 347 g/mol. The van der Waals surface area contributed by atoms with Gasteiger partial charge in [-0.05, 0) is 30.3 Å². The van der Waals surface area contributed by atoms with Gasteiger partial charge in [-0.15, -0.1) is 0 Å². The summed E-state index contributed by atoms with van der Waals surface area (Å²) in [7, 11) is 4.33. The minimum absolute atomic E-state index is 0.0891. The number of nitrogens with one attached hydrogen (secondary N) is 1. The lowest BCUT2D eigenvalue weighted by Crippen LogP contribution is -2.12. The summed E-state index contributed by atoms with van der Waals surface area (Å²) >= 11 is 0. The summed E-state index contributed by atoms with van der Waals surface area (Å²) in [6, 6.07) is 6.53. The number of anilines is 1. The molecule has 0 saturated carbocycles. The maximum Gasteiger partial charge on any atom is 0.221 e. The highest BCUT2D eigenvalue weighted by Gasteiger charge is 2.20. The summed E-state index contributed by atoms with van der Waals surface area (Å²) in [6.07, 6.45) is 0. The van der Waals surface area contributed by atoms with Gasteiger partial charge in [-0.2, -0.15) is 0 Å². The molecule has 2 aromatic rings. The second-order valence-corrected chi connectivity index (χ2v) is 5.11. The Morgan fingerprint density at radius 3 is 2.04 bits per heavy atom. The average Bonchev–Trinajstić information content (AvgIpc) is 2.59. The first kappa shape index (κ1) is 18.3. The molecular formula is C18H18FNO5. The van der Waals surface area contributed by atoms with E-state index in [9.17, 15) is 14.0 Å². The van der Waals surface area contributed by atoms with E-state index in [-0.39, 0.29) is 16.8 Å². The van der Waals surface area contributed by atoms with Crippen molar-refractivity contribution in [2.24, 2.45) is 0 Å². The highest BCUT2D eigenvalue weighted by Crippen LogP contribution is 2.39. The third-order valence-corrected chi connectivity index (χ3v) is 3.46. The van der Waals surface area contributed by atoms with E-state index in [1.165, 1.54) is 46.5 Å². The Morgan fingerprint density at radius 1 is 0.960 bits per heavy atom. The largest absolute Gasteiger partial charge is 0.493 e. The molecule has 0 fully saturated rings. The van der Waals surface area contributed by atoms with Crippen LogP contribution in [0.5, 0.6) is 17.2 Å². The van der Waals surface area contributed by atoms with E-state index in [0.29, 0.717) is 17.2 Å². The fourth-order valence-electron chi connectivity index (χ4n) is 2.38. The van der Waals surface area contributed by atoms with Crippen LogP contribution >= 0.6 is 0 Å². The van der Waals surface area contributed by atoms with Gasteiger partial charge in [0.1, 0.15) is 5.82 Å². The van der Waals surface area contributed by atoms with E-state index in [0.717, 1.165) is 12.1 Å². The molecule has 2 aromatic carbocycles. The van der Waals surface area contributed by atoms with Gasteiger partial charge in [-0.3, -0.25) is 9.59 Å². The van der Waals surface area contributed by atoms with Gasteiger partial charge in [0.2, 0.25) is 11.7 Å². The molecule has 2 rings (SSSR count). The number of carbonyl (C=O) groups is 2. The Bertz CT molecular complexity index is 794. The van der Waals surface area contributed by atoms with Crippen LogP contribution in [-0.2, 0) is 4.79 Å². The minimum atomic E-state index is -0.565. The quantitative estimate of drug-likeness (QED) is 0.813. The fraction of sp³-hybridized carbons (Fsp3) is 0.222. The smallest absolute Gasteiger partial charge is 0.221 e. The first-order valence-electron chi connectivity index (χ1n) is 7.33. The number of rotatable bonds is 6. The summed E-state index contributed by atoms with van der Waals surface area (Å²) in [4.78, 5) is 24.2. The van der Waals surface area contributed by atoms with E-state index < -0.39 is 17.5 Å². The minimum Gasteiger partial charge on any atom is -0.493 e. The maximum atomic E-state index is 13.5. The van der Waals surface area contributed by atoms with Gasteiger partial charge in [0.05, 0.1) is 27.0 Å². The number of ketones is 1. The molecule has 0 unspecified atom stereocenters. The highest BCUT2D eigenvalue weighted by molar-refractivity contribution is 6.14. The summed E-state index contributed by atoms with van der Waals surface area (Å²) < 4.78 is 29.2. The Labute approximate surface area is 144 Å². The van der Waals surface area contributed by atoms with Crippen LogP contribution in [0.2, 0.25) is 0 Å². The van der Waals surface area contributed by atoms with Crippen LogP contribution in [0.1, 0.15) is 22.8 Å². The molecule has 1 N–H and O–H groups in total. The molecule has 0 bridgehead atoms. The van der Waals surface area contributed by atoms with Crippen LogP contribution in [0.3, 0.4) is 0 Å². The van der Waals surface area contributed by atoms with Crippen molar-refractivity contribution in [3.8, 4) is 17.2 Å². The summed E-state index contributed by atoms with van der Waals surface area (Å²) in [5.74, 6) is -0.428. The van der Waals surface area contributed by atoms with E-state index in [1.807, 2.05) is 0 Å². The van der Waals surface area contributed by atoms with Gasteiger partial charge in [0, 0.05) is 18.1 Å². The van der Waals surface area contributed by atoms with Crippen molar-refractivity contribution in [1.82, 2.24) is 0 Å². The Hall–Kier alpha value is -3.09. The van der Waals surface area contributed by atoms with E-state index >= 15 is 0 Å². The number of carbonyl (C=O) groups excluding carboxylic acids is 2. The number of halogens is 1. The molecule has 0 aliphatic rings. The van der Waals surface area contributed by atoms with Crippen LogP contribution in [-0.4, -0.2) is 33.0 Å². The molecule has 6 nitrogen and oxygen atoms in total. The molecule has 0 spiro atoms. The van der Waals surface area contributed by atoms with Crippen molar-refractivity contribution in [3.63, 3.8) is 0 Å². The van der Waals surface area contributed by atoms with Crippen LogP contribution in [0.15, 0.2) is 30.3 Å². The molecule has 0 saturated heterocycles. The predicted octanol–water partition coefficient (Wildman–Crippen LogP) is 3.04. The summed E-state index contributed by atoms with van der Waals surface area (Å²) in [6.45, 7) is 1.28.